The van der Waals surface area contributed by atoms with Crippen molar-refractivity contribution in [2.45, 2.75) is 13.8 Å². The molecule has 0 amide bonds. The molecule has 72 valence electrons. The lowest BCUT2D eigenvalue weighted by molar-refractivity contribution is 1.24. The van der Waals surface area contributed by atoms with Crippen molar-refractivity contribution in [2.75, 3.05) is 5.32 Å². The molecular formula is C11H13N3. The zero-order valence-electron chi connectivity index (χ0n) is 8.33. The number of H-pyrrole nitrogens is 1. The van der Waals surface area contributed by atoms with E-state index in [-0.39, 0.29) is 0 Å². The largest absolute Gasteiger partial charge is 0.328 e. The summed E-state index contributed by atoms with van der Waals surface area (Å²) < 4.78 is 0. The Morgan fingerprint density at radius 1 is 1.29 bits per heavy atom. The summed E-state index contributed by atoms with van der Waals surface area (Å²) in [7, 11) is 0. The van der Waals surface area contributed by atoms with Crippen molar-refractivity contribution in [3.63, 3.8) is 0 Å². The molecule has 1 aromatic carbocycles. The summed E-state index contributed by atoms with van der Waals surface area (Å²) in [6.45, 7) is 4.05. The van der Waals surface area contributed by atoms with Crippen LogP contribution in [0, 0.1) is 13.8 Å². The zero-order chi connectivity index (χ0) is 9.97. The highest BCUT2D eigenvalue weighted by Crippen LogP contribution is 2.14. The van der Waals surface area contributed by atoms with Crippen LogP contribution in [-0.2, 0) is 0 Å². The Morgan fingerprint density at radius 2 is 2.14 bits per heavy atom. The van der Waals surface area contributed by atoms with Gasteiger partial charge in [0.05, 0.1) is 0 Å². The number of nitrogens with zero attached hydrogens (tertiary/aromatic N) is 1. The van der Waals surface area contributed by atoms with Gasteiger partial charge in [-0.2, -0.15) is 0 Å². The molecule has 0 radical (unpaired) electrons. The van der Waals surface area contributed by atoms with E-state index in [1.807, 2.05) is 19.1 Å². The van der Waals surface area contributed by atoms with Crippen molar-refractivity contribution in [3.05, 3.63) is 41.7 Å². The number of aryl methyl sites for hydroxylation is 2. The van der Waals surface area contributed by atoms with Gasteiger partial charge in [-0.05, 0) is 31.5 Å². The molecular weight excluding hydrogens is 174 g/mol. The van der Waals surface area contributed by atoms with Crippen molar-refractivity contribution in [3.8, 4) is 0 Å². The van der Waals surface area contributed by atoms with Crippen molar-refractivity contribution >= 4 is 11.6 Å². The number of hydrogen-bond donors (Lipinski definition) is 2. The Hall–Kier alpha value is -1.77. The van der Waals surface area contributed by atoms with E-state index in [1.54, 1.807) is 6.20 Å². The monoisotopic (exact) mass is 187 g/mol. The Labute approximate surface area is 83.2 Å². The topological polar surface area (TPSA) is 40.7 Å². The third-order valence-electron chi connectivity index (χ3n) is 1.98. The summed E-state index contributed by atoms with van der Waals surface area (Å²) in [6.07, 6.45) is 1.80. The molecule has 1 heterocycles. The molecule has 1 aromatic heterocycles. The van der Waals surface area contributed by atoms with Crippen LogP contribution in [0.15, 0.2) is 30.5 Å². The second kappa shape index (κ2) is 3.54. The Morgan fingerprint density at radius 3 is 2.79 bits per heavy atom. The quantitative estimate of drug-likeness (QED) is 0.759. The molecule has 2 rings (SSSR count). The first-order chi connectivity index (χ1) is 6.74. The summed E-state index contributed by atoms with van der Waals surface area (Å²) in [5, 5.41) is 3.20. The molecule has 2 aromatic rings. The van der Waals surface area contributed by atoms with Gasteiger partial charge < -0.3 is 10.3 Å². The zero-order valence-corrected chi connectivity index (χ0v) is 8.33. The van der Waals surface area contributed by atoms with Crippen LogP contribution in [0.3, 0.4) is 0 Å². The Bertz CT molecular complexity index is 432. The first-order valence-electron chi connectivity index (χ1n) is 4.59. The van der Waals surface area contributed by atoms with Crippen LogP contribution in [0.4, 0.5) is 11.6 Å². The van der Waals surface area contributed by atoms with Gasteiger partial charge in [0, 0.05) is 17.6 Å². The summed E-state index contributed by atoms with van der Waals surface area (Å²) in [5.41, 5.74) is 3.35. The second-order valence-corrected chi connectivity index (χ2v) is 3.41. The van der Waals surface area contributed by atoms with Gasteiger partial charge in [0.1, 0.15) is 0 Å². The van der Waals surface area contributed by atoms with Crippen LogP contribution < -0.4 is 5.32 Å². The second-order valence-electron chi connectivity index (χ2n) is 3.41. The first-order valence-corrected chi connectivity index (χ1v) is 4.59. The maximum absolute atomic E-state index is 4.17. The van der Waals surface area contributed by atoms with Crippen molar-refractivity contribution in [1.82, 2.24) is 9.97 Å². The standard InChI is InChI=1S/C11H13N3/c1-8-4-3-5-10(6-8)14-11-12-7-9(2)13-11/h3-7H,1-2H3,(H2,12,13,14). The average Bonchev–Trinajstić information content (AvgIpc) is 2.51. The lowest BCUT2D eigenvalue weighted by atomic mass is 10.2. The summed E-state index contributed by atoms with van der Waals surface area (Å²) in [4.78, 5) is 7.30. The van der Waals surface area contributed by atoms with Crippen LogP contribution in [0.25, 0.3) is 0 Å². The Balaban J connectivity index is 2.18. The number of rotatable bonds is 2. The number of hydrogen-bond acceptors (Lipinski definition) is 2. The maximum Gasteiger partial charge on any atom is 0.204 e. The third kappa shape index (κ3) is 1.93. The molecule has 0 aliphatic rings. The average molecular weight is 187 g/mol. The first kappa shape index (κ1) is 8.81. The SMILES string of the molecule is Cc1cccc(Nc2ncc(C)[nH]2)c1. The Kier molecular flexibility index (Phi) is 2.23. The number of aromatic nitrogens is 2. The van der Waals surface area contributed by atoms with E-state index in [9.17, 15) is 0 Å². The highest BCUT2D eigenvalue weighted by atomic mass is 15.1. The maximum atomic E-state index is 4.17. The van der Waals surface area contributed by atoms with Crippen molar-refractivity contribution < 1.29 is 0 Å². The van der Waals surface area contributed by atoms with Gasteiger partial charge in [-0.3, -0.25) is 0 Å². The number of anilines is 2. The van der Waals surface area contributed by atoms with E-state index in [0.717, 1.165) is 17.3 Å². The van der Waals surface area contributed by atoms with Crippen LogP contribution >= 0.6 is 0 Å². The number of aromatic amines is 1. The molecule has 2 N–H and O–H groups in total. The van der Waals surface area contributed by atoms with E-state index in [2.05, 4.69) is 34.3 Å². The van der Waals surface area contributed by atoms with Gasteiger partial charge >= 0.3 is 0 Å². The summed E-state index contributed by atoms with van der Waals surface area (Å²) >= 11 is 0. The smallest absolute Gasteiger partial charge is 0.204 e. The molecule has 0 saturated heterocycles. The highest BCUT2D eigenvalue weighted by Gasteiger charge is 1.97. The molecule has 0 unspecified atom stereocenters. The molecule has 14 heavy (non-hydrogen) atoms. The third-order valence-corrected chi connectivity index (χ3v) is 1.98. The molecule has 0 spiro atoms. The minimum absolute atomic E-state index is 0.785. The van der Waals surface area contributed by atoms with Gasteiger partial charge in [-0.1, -0.05) is 12.1 Å². The van der Waals surface area contributed by atoms with E-state index >= 15 is 0 Å². The summed E-state index contributed by atoms with van der Waals surface area (Å²) in [5.74, 6) is 0.785. The van der Waals surface area contributed by atoms with Crippen molar-refractivity contribution in [2.24, 2.45) is 0 Å². The van der Waals surface area contributed by atoms with E-state index < -0.39 is 0 Å². The van der Waals surface area contributed by atoms with Crippen LogP contribution in [-0.4, -0.2) is 9.97 Å². The molecule has 0 saturated carbocycles. The normalized spacial score (nSPS) is 10.1. The lowest BCUT2D eigenvalue weighted by Gasteiger charge is -2.02. The van der Waals surface area contributed by atoms with E-state index in [1.165, 1.54) is 5.56 Å². The van der Waals surface area contributed by atoms with Gasteiger partial charge in [-0.25, -0.2) is 4.98 Å². The minimum atomic E-state index is 0.785. The molecule has 3 nitrogen and oxygen atoms in total. The number of benzene rings is 1. The number of nitrogens with one attached hydrogen (secondary N) is 2. The summed E-state index contributed by atoms with van der Waals surface area (Å²) in [6, 6.07) is 8.19. The fourth-order valence-corrected chi connectivity index (χ4v) is 1.34. The van der Waals surface area contributed by atoms with Crippen molar-refractivity contribution in [1.29, 1.82) is 0 Å². The number of imidazole rings is 1. The lowest BCUT2D eigenvalue weighted by Crippen LogP contribution is -1.92. The molecule has 3 heteroatoms. The predicted molar refractivity (Wildman–Crippen MR) is 57.8 cm³/mol. The molecule has 0 aliphatic heterocycles. The fourth-order valence-electron chi connectivity index (χ4n) is 1.34. The van der Waals surface area contributed by atoms with E-state index in [0.29, 0.717) is 0 Å². The van der Waals surface area contributed by atoms with Gasteiger partial charge in [-0.15, -0.1) is 0 Å². The predicted octanol–water partition coefficient (Wildman–Crippen LogP) is 2.77. The van der Waals surface area contributed by atoms with Gasteiger partial charge in [0.2, 0.25) is 5.95 Å². The molecule has 0 fully saturated rings. The van der Waals surface area contributed by atoms with Crippen LogP contribution in [0.2, 0.25) is 0 Å². The van der Waals surface area contributed by atoms with Gasteiger partial charge in [0.15, 0.2) is 0 Å². The molecule has 0 aliphatic carbocycles. The van der Waals surface area contributed by atoms with Crippen LogP contribution in [0.1, 0.15) is 11.3 Å². The van der Waals surface area contributed by atoms with Crippen LogP contribution in [0.5, 0.6) is 0 Å². The van der Waals surface area contributed by atoms with Gasteiger partial charge in [0.25, 0.3) is 0 Å². The minimum Gasteiger partial charge on any atom is -0.328 e. The van der Waals surface area contributed by atoms with E-state index in [4.69, 9.17) is 0 Å². The highest BCUT2D eigenvalue weighted by molar-refractivity contribution is 5.54. The fraction of sp³-hybridized carbons (Fsp3) is 0.182. The molecule has 0 atom stereocenters. The molecule has 0 bridgehead atoms.